The van der Waals surface area contributed by atoms with E-state index in [-0.39, 0.29) is 25.0 Å². The molecule has 2 aromatic heterocycles. The van der Waals surface area contributed by atoms with Gasteiger partial charge in [0.2, 0.25) is 5.95 Å². The van der Waals surface area contributed by atoms with Gasteiger partial charge in [-0.25, -0.2) is 13.9 Å². The van der Waals surface area contributed by atoms with Gasteiger partial charge in [-0.05, 0) is 51.7 Å². The summed E-state index contributed by atoms with van der Waals surface area (Å²) in [6.45, 7) is 4.97. The Morgan fingerprint density at radius 1 is 1.32 bits per heavy atom. The van der Waals surface area contributed by atoms with Crippen LogP contribution in [0, 0.1) is 12.9 Å². The third-order valence-electron chi connectivity index (χ3n) is 5.27. The first-order chi connectivity index (χ1) is 12.9. The molecule has 0 radical (unpaired) electrons. The summed E-state index contributed by atoms with van der Waals surface area (Å²) in [6.07, 6.45) is -3.07. The molecule has 0 bridgehead atoms. The molecular weight excluding hydrogens is 398 g/mol. The zero-order valence-electron chi connectivity index (χ0n) is 15.6. The number of halogens is 4. The molecular formula is C17H21F4N5OS. The Balaban J connectivity index is 2.04. The fourth-order valence-corrected chi connectivity index (χ4v) is 3.59. The molecule has 2 heterocycles. The van der Waals surface area contributed by atoms with E-state index in [2.05, 4.69) is 15.3 Å². The van der Waals surface area contributed by atoms with Crippen LogP contribution in [0.5, 0.6) is 0 Å². The molecule has 2 aromatic rings. The molecule has 0 aromatic carbocycles. The Bertz CT molecular complexity index is 907. The summed E-state index contributed by atoms with van der Waals surface area (Å²) in [5.74, 6) is -1.26. The summed E-state index contributed by atoms with van der Waals surface area (Å²) in [5, 5.41) is 13.3. The van der Waals surface area contributed by atoms with Crippen molar-refractivity contribution in [2.75, 3.05) is 0 Å². The first-order valence-electron chi connectivity index (χ1n) is 8.66. The maximum atomic E-state index is 13.4. The minimum atomic E-state index is -4.43. The van der Waals surface area contributed by atoms with Crippen LogP contribution in [0.25, 0.3) is 0 Å². The van der Waals surface area contributed by atoms with Crippen molar-refractivity contribution in [2.45, 2.75) is 62.4 Å². The lowest BCUT2D eigenvalue weighted by molar-refractivity contribution is -0.182. The van der Waals surface area contributed by atoms with Crippen LogP contribution in [0.4, 0.5) is 17.6 Å². The molecule has 0 amide bonds. The zero-order chi connectivity index (χ0) is 20.9. The monoisotopic (exact) mass is 419 g/mol. The topological polar surface area (TPSA) is 86.7 Å². The van der Waals surface area contributed by atoms with Crippen molar-refractivity contribution in [3.8, 4) is 0 Å². The van der Waals surface area contributed by atoms with Gasteiger partial charge in [0.15, 0.2) is 5.54 Å². The number of pyridine rings is 1. The second-order valence-electron chi connectivity index (χ2n) is 7.74. The van der Waals surface area contributed by atoms with Gasteiger partial charge in [0.25, 0.3) is 0 Å². The zero-order valence-corrected chi connectivity index (χ0v) is 16.4. The fraction of sp³-hybridized carbons (Fsp3) is 0.588. The molecule has 154 valence electrons. The number of rotatable bonds is 6. The molecule has 6 nitrogen and oxygen atoms in total. The van der Waals surface area contributed by atoms with Crippen LogP contribution >= 0.6 is 0 Å². The summed E-state index contributed by atoms with van der Waals surface area (Å²) < 4.78 is 65.6. The number of hydrogen-bond acceptors (Lipinski definition) is 4. The van der Waals surface area contributed by atoms with Crippen molar-refractivity contribution in [3.05, 3.63) is 41.2 Å². The summed E-state index contributed by atoms with van der Waals surface area (Å²) in [5.41, 5.74) is -0.810. The lowest BCUT2D eigenvalue weighted by Gasteiger charge is -2.27. The highest BCUT2D eigenvalue weighted by atomic mass is 32.2. The molecule has 2 atom stereocenters. The molecule has 1 aliphatic rings. The Hall–Kier alpha value is -1.88. The highest BCUT2D eigenvalue weighted by molar-refractivity contribution is 7.84. The maximum Gasteiger partial charge on any atom is 0.413 e. The van der Waals surface area contributed by atoms with Crippen LogP contribution in [-0.4, -0.2) is 35.1 Å². The van der Waals surface area contributed by atoms with Gasteiger partial charge in [-0.3, -0.25) is 5.14 Å². The van der Waals surface area contributed by atoms with Crippen LogP contribution in [0.2, 0.25) is 0 Å². The van der Waals surface area contributed by atoms with Crippen LogP contribution in [-0.2, 0) is 16.5 Å². The molecule has 0 saturated heterocycles. The second kappa shape index (κ2) is 6.87. The van der Waals surface area contributed by atoms with E-state index in [9.17, 15) is 21.8 Å². The highest BCUT2D eigenvalue weighted by Gasteiger charge is 2.66. The van der Waals surface area contributed by atoms with Gasteiger partial charge in [-0.2, -0.15) is 17.6 Å². The quantitative estimate of drug-likeness (QED) is 0.576. The predicted molar refractivity (Wildman–Crippen MR) is 95.1 cm³/mol. The second-order valence-corrected chi connectivity index (χ2v) is 9.44. The molecule has 1 aliphatic carbocycles. The summed E-state index contributed by atoms with van der Waals surface area (Å²) in [6, 6.07) is 2.68. The summed E-state index contributed by atoms with van der Waals surface area (Å²) in [7, 11) is -1.70. The predicted octanol–water partition coefficient (Wildman–Crippen LogP) is 3.10. The summed E-state index contributed by atoms with van der Waals surface area (Å²) >= 11 is 0. The van der Waals surface area contributed by atoms with Gasteiger partial charge in [0, 0.05) is 11.6 Å². The van der Waals surface area contributed by atoms with Crippen molar-refractivity contribution in [1.82, 2.24) is 20.0 Å². The Kier molecular flexibility index (Phi) is 5.11. The van der Waals surface area contributed by atoms with Gasteiger partial charge in [-0.15, -0.1) is 5.10 Å². The van der Waals surface area contributed by atoms with Crippen molar-refractivity contribution < 1.29 is 21.8 Å². The molecule has 3 rings (SSSR count). The lowest BCUT2D eigenvalue weighted by Crippen LogP contribution is -2.35. The number of nitrogens with two attached hydrogens (primary N) is 1. The molecule has 1 fully saturated rings. The van der Waals surface area contributed by atoms with Gasteiger partial charge >= 0.3 is 6.18 Å². The van der Waals surface area contributed by atoms with Crippen molar-refractivity contribution >= 4 is 11.0 Å². The van der Waals surface area contributed by atoms with E-state index in [4.69, 9.17) is 5.14 Å². The van der Waals surface area contributed by atoms with E-state index in [1.807, 2.05) is 0 Å². The van der Waals surface area contributed by atoms with Crippen LogP contribution < -0.4 is 5.14 Å². The minimum absolute atomic E-state index is 0.0561. The highest BCUT2D eigenvalue weighted by Crippen LogP contribution is 2.55. The number of aromatic nitrogens is 4. The third kappa shape index (κ3) is 3.69. The Labute approximate surface area is 162 Å². The van der Waals surface area contributed by atoms with E-state index < -0.39 is 39.3 Å². The SMILES string of the molecule is Cc1nc(F)ccc1[C@H](CC(C)(C)S(N)=O)c1cn(C2(C(F)(F)F)CC2)nn1. The summed E-state index contributed by atoms with van der Waals surface area (Å²) in [4.78, 5) is 3.79. The normalized spacial score (nSPS) is 18.7. The molecule has 1 saturated carbocycles. The average molecular weight is 419 g/mol. The molecule has 0 aliphatic heterocycles. The first-order valence-corrected chi connectivity index (χ1v) is 9.87. The van der Waals surface area contributed by atoms with Crippen LogP contribution in [0.1, 0.15) is 56.0 Å². The average Bonchev–Trinajstić information content (AvgIpc) is 3.25. The lowest BCUT2D eigenvalue weighted by atomic mass is 9.87. The van der Waals surface area contributed by atoms with Gasteiger partial charge in [0.1, 0.15) is 0 Å². The van der Waals surface area contributed by atoms with E-state index in [0.717, 1.165) is 4.68 Å². The number of nitrogens with zero attached hydrogens (tertiary/aromatic N) is 4. The van der Waals surface area contributed by atoms with E-state index in [1.165, 1.54) is 18.3 Å². The number of alkyl halides is 3. The van der Waals surface area contributed by atoms with Crippen molar-refractivity contribution in [3.63, 3.8) is 0 Å². The smallest absolute Gasteiger partial charge is 0.251 e. The molecule has 1 unspecified atom stereocenters. The van der Waals surface area contributed by atoms with Crippen LogP contribution in [0.3, 0.4) is 0 Å². The van der Waals surface area contributed by atoms with Crippen LogP contribution in [0.15, 0.2) is 18.3 Å². The van der Waals surface area contributed by atoms with E-state index in [0.29, 0.717) is 11.3 Å². The first kappa shape index (κ1) is 20.8. The van der Waals surface area contributed by atoms with E-state index in [1.54, 1.807) is 20.8 Å². The molecule has 0 spiro atoms. The fourth-order valence-electron chi connectivity index (χ4n) is 3.26. The van der Waals surface area contributed by atoms with Gasteiger partial charge in [0.05, 0.1) is 27.6 Å². The largest absolute Gasteiger partial charge is 0.413 e. The number of hydrogen-bond donors (Lipinski definition) is 1. The van der Waals surface area contributed by atoms with Gasteiger partial charge in [-0.1, -0.05) is 11.3 Å². The Morgan fingerprint density at radius 2 is 1.96 bits per heavy atom. The van der Waals surface area contributed by atoms with Crippen molar-refractivity contribution in [1.29, 1.82) is 0 Å². The minimum Gasteiger partial charge on any atom is -0.251 e. The van der Waals surface area contributed by atoms with Crippen molar-refractivity contribution in [2.24, 2.45) is 5.14 Å². The maximum absolute atomic E-state index is 13.4. The Morgan fingerprint density at radius 3 is 2.46 bits per heavy atom. The van der Waals surface area contributed by atoms with Gasteiger partial charge < -0.3 is 0 Å². The third-order valence-corrected chi connectivity index (χ3v) is 6.52. The molecule has 2 N–H and O–H groups in total. The molecule has 28 heavy (non-hydrogen) atoms. The standard InChI is InChI=1S/C17H21F4N5OS/c1-10-11(4-5-14(18)23-10)12(8-15(2,3)28(22)27)13-9-26(25-24-13)16(6-7-16)17(19,20)21/h4-5,9,12H,6-8,22H2,1-3H3/t12-,28?/m0/s1. The van der Waals surface area contributed by atoms with E-state index >= 15 is 0 Å². The molecule has 11 heteroatoms. The number of aryl methyl sites for hydroxylation is 1.